The summed E-state index contributed by atoms with van der Waals surface area (Å²) in [5, 5.41) is 2.01. The summed E-state index contributed by atoms with van der Waals surface area (Å²) in [7, 11) is -0.364. The van der Waals surface area contributed by atoms with Crippen molar-refractivity contribution in [1.29, 1.82) is 0 Å². The topological polar surface area (TPSA) is 0 Å². The first-order valence-electron chi connectivity index (χ1n) is 9.59. The Morgan fingerprint density at radius 3 is 2.31 bits per heavy atom. The molecular weight excluding hydrogens is 542 g/mol. The van der Waals surface area contributed by atoms with E-state index in [9.17, 15) is 0 Å². The van der Waals surface area contributed by atoms with Crippen LogP contribution in [0.1, 0.15) is 39.5 Å². The molecule has 0 aliphatic heterocycles. The SMILES string of the molecule is CC1=CCC(C23C(=[Si](C)C)CCCC2C2C=CC=CC2[CH]3[Hf+2])=C1C.[Cl-].[Cl-]. The molecule has 0 heterocycles. The zero-order valence-corrected chi connectivity index (χ0v) is 22.4. The van der Waals surface area contributed by atoms with Crippen LogP contribution in [0.3, 0.4) is 0 Å². The molecule has 0 aromatic rings. The van der Waals surface area contributed by atoms with Gasteiger partial charge < -0.3 is 24.8 Å². The van der Waals surface area contributed by atoms with Crippen molar-refractivity contribution in [2.45, 2.75) is 56.3 Å². The second kappa shape index (κ2) is 8.47. The molecule has 0 saturated heterocycles. The second-order valence-electron chi connectivity index (χ2n) is 8.44. The van der Waals surface area contributed by atoms with E-state index in [1.807, 2.05) is 10.7 Å². The summed E-state index contributed by atoms with van der Waals surface area (Å²) in [6.45, 7) is 9.89. The van der Waals surface area contributed by atoms with E-state index in [0.29, 0.717) is 5.41 Å². The van der Waals surface area contributed by atoms with Crippen molar-refractivity contribution in [3.8, 4) is 0 Å². The smallest absolute Gasteiger partial charge is 1.00 e. The van der Waals surface area contributed by atoms with E-state index in [2.05, 4.69) is 57.3 Å². The van der Waals surface area contributed by atoms with E-state index in [0.717, 1.165) is 21.4 Å². The van der Waals surface area contributed by atoms with Crippen LogP contribution in [-0.4, -0.2) is 13.6 Å². The first-order chi connectivity index (χ1) is 11.5. The zero-order chi connectivity index (χ0) is 17.1. The Hall–Kier alpha value is 0.497. The van der Waals surface area contributed by atoms with Gasteiger partial charge in [-0.1, -0.05) is 0 Å². The molecule has 0 spiro atoms. The second-order valence-corrected chi connectivity index (χ2v) is 13.3. The molecule has 0 bridgehead atoms. The van der Waals surface area contributed by atoms with Crippen LogP contribution in [-0.2, 0) is 24.4 Å². The molecule has 0 aromatic heterocycles. The van der Waals surface area contributed by atoms with E-state index in [1.165, 1.54) is 50.1 Å². The summed E-state index contributed by atoms with van der Waals surface area (Å²) in [5.41, 5.74) is 5.51. The van der Waals surface area contributed by atoms with Crippen LogP contribution < -0.4 is 24.8 Å². The molecule has 0 radical (unpaired) electrons. The fourth-order valence-corrected chi connectivity index (χ4v) is 12.0. The van der Waals surface area contributed by atoms with Crippen molar-refractivity contribution in [3.05, 3.63) is 47.1 Å². The number of fused-ring (bicyclic) bond motifs is 3. The number of hydrogen-bond acceptors (Lipinski definition) is 0. The van der Waals surface area contributed by atoms with Gasteiger partial charge in [0, 0.05) is 0 Å². The van der Waals surface area contributed by atoms with Gasteiger partial charge in [-0.2, -0.15) is 0 Å². The van der Waals surface area contributed by atoms with Gasteiger partial charge in [0.2, 0.25) is 0 Å². The molecule has 0 amide bonds. The van der Waals surface area contributed by atoms with E-state index in [1.54, 1.807) is 11.1 Å². The molecule has 4 rings (SSSR count). The van der Waals surface area contributed by atoms with E-state index in [-0.39, 0.29) is 33.2 Å². The first-order valence-corrected chi connectivity index (χ1v) is 14.2. The largest absolute Gasteiger partial charge is 1.00 e. The van der Waals surface area contributed by atoms with Crippen LogP contribution in [0, 0.1) is 23.2 Å². The summed E-state index contributed by atoms with van der Waals surface area (Å²) >= 11 is 1.32. The molecular formula is C22H29Cl2HfSi. The normalized spacial score (nSPS) is 37.6. The molecule has 4 aliphatic rings. The molecule has 5 atom stereocenters. The van der Waals surface area contributed by atoms with E-state index >= 15 is 0 Å². The number of allylic oxidation sites excluding steroid dienone is 8. The van der Waals surface area contributed by atoms with Gasteiger partial charge in [-0.05, 0) is 0 Å². The third-order valence-corrected chi connectivity index (χ3v) is 12.2. The summed E-state index contributed by atoms with van der Waals surface area (Å²) in [5.74, 6) is 2.48. The van der Waals surface area contributed by atoms with Crippen molar-refractivity contribution in [1.82, 2.24) is 0 Å². The van der Waals surface area contributed by atoms with Gasteiger partial charge in [-0.15, -0.1) is 0 Å². The predicted molar refractivity (Wildman–Crippen MR) is 102 cm³/mol. The summed E-state index contributed by atoms with van der Waals surface area (Å²) in [6, 6.07) is 0. The zero-order valence-electron chi connectivity index (χ0n) is 16.3. The Bertz CT molecular complexity index is 726. The van der Waals surface area contributed by atoms with Crippen LogP contribution in [0.2, 0.25) is 16.8 Å². The summed E-state index contributed by atoms with van der Waals surface area (Å²) in [6.07, 6.45) is 17.9. The van der Waals surface area contributed by atoms with Gasteiger partial charge in [0.1, 0.15) is 0 Å². The fourth-order valence-electron chi connectivity index (χ4n) is 6.29. The van der Waals surface area contributed by atoms with Gasteiger partial charge in [0.15, 0.2) is 0 Å². The van der Waals surface area contributed by atoms with Crippen molar-refractivity contribution in [2.75, 3.05) is 0 Å². The minimum absolute atomic E-state index is 0. The van der Waals surface area contributed by atoms with E-state index in [4.69, 9.17) is 0 Å². The fraction of sp³-hybridized carbons (Fsp3) is 0.591. The number of hydrogen-bond donors (Lipinski definition) is 0. The van der Waals surface area contributed by atoms with E-state index < -0.39 is 0 Å². The monoisotopic (exact) mass is 571 g/mol. The van der Waals surface area contributed by atoms with Crippen LogP contribution in [0.15, 0.2) is 47.1 Å². The number of halogens is 2. The quantitative estimate of drug-likeness (QED) is 0.379. The molecule has 0 nitrogen and oxygen atoms in total. The van der Waals surface area contributed by atoms with Crippen LogP contribution in [0.4, 0.5) is 0 Å². The minimum atomic E-state index is -0.364. The Morgan fingerprint density at radius 1 is 1.08 bits per heavy atom. The average Bonchev–Trinajstić information content (AvgIpc) is 3.05. The molecule has 4 aliphatic carbocycles. The molecule has 0 N–H and O–H groups in total. The van der Waals surface area contributed by atoms with Crippen molar-refractivity contribution < 1.29 is 49.2 Å². The molecule has 4 heteroatoms. The Morgan fingerprint density at radius 2 is 1.73 bits per heavy atom. The van der Waals surface area contributed by atoms with Crippen LogP contribution in [0.5, 0.6) is 0 Å². The summed E-state index contributed by atoms with van der Waals surface area (Å²) in [4.78, 5) is 0. The van der Waals surface area contributed by atoms with Crippen LogP contribution in [0.25, 0.3) is 0 Å². The molecule has 2 saturated carbocycles. The van der Waals surface area contributed by atoms with Gasteiger partial charge in [-0.25, -0.2) is 0 Å². The molecule has 26 heavy (non-hydrogen) atoms. The third kappa shape index (κ3) is 3.06. The Labute approximate surface area is 188 Å². The van der Waals surface area contributed by atoms with Gasteiger partial charge >= 0.3 is 165 Å². The minimum Gasteiger partial charge on any atom is -1.00 e. The molecule has 5 unspecified atom stereocenters. The Balaban J connectivity index is 0.00000121. The van der Waals surface area contributed by atoms with Gasteiger partial charge in [-0.3, -0.25) is 0 Å². The standard InChI is InChI=1S/C22H29Si.2ClH.Hf/c1-15-12-13-19(16(15)2)22-14-17-8-5-6-9-18(17)20(22)10-7-11-21(22)23(3)4;;;/h5-6,8-9,12,14,17-18,20H,7,10-11,13H2,1-4H3;2*1H;/q;;;+2/p-2. The molecule has 2 fully saturated rings. The third-order valence-electron chi connectivity index (χ3n) is 7.35. The summed E-state index contributed by atoms with van der Waals surface area (Å²) < 4.78 is 0.896. The maximum absolute atomic E-state index is 2.58. The first kappa shape index (κ1) is 22.8. The predicted octanol–water partition coefficient (Wildman–Crippen LogP) is -0.337. The van der Waals surface area contributed by atoms with Crippen molar-refractivity contribution in [2.24, 2.45) is 23.2 Å². The van der Waals surface area contributed by atoms with Gasteiger partial charge in [0.25, 0.3) is 0 Å². The molecule has 0 aromatic carbocycles. The Kier molecular flexibility index (Phi) is 7.42. The molecule has 139 valence electrons. The van der Waals surface area contributed by atoms with Gasteiger partial charge in [0.05, 0.1) is 0 Å². The maximum Gasteiger partial charge on any atom is -1.00 e. The van der Waals surface area contributed by atoms with Crippen molar-refractivity contribution >= 4 is 13.6 Å². The van der Waals surface area contributed by atoms with Crippen LogP contribution >= 0.6 is 0 Å². The number of rotatable bonds is 1. The van der Waals surface area contributed by atoms with Crippen molar-refractivity contribution in [3.63, 3.8) is 0 Å². The maximum atomic E-state index is 2.58. The average molecular weight is 571 g/mol.